The highest BCUT2D eigenvalue weighted by atomic mass is 16.2. The van der Waals surface area contributed by atoms with E-state index in [1.165, 1.54) is 5.56 Å². The molecule has 0 saturated heterocycles. The fourth-order valence-electron chi connectivity index (χ4n) is 4.17. The Morgan fingerprint density at radius 1 is 1.07 bits per heavy atom. The lowest BCUT2D eigenvalue weighted by molar-refractivity contribution is -0.147. The maximum atomic E-state index is 13.5. The van der Waals surface area contributed by atoms with E-state index in [-0.39, 0.29) is 35.9 Å². The largest absolute Gasteiger partial charge is 0.348 e. The van der Waals surface area contributed by atoms with Crippen LogP contribution in [0.2, 0.25) is 0 Å². The monoisotopic (exact) mass is 393 g/mol. The number of benzene rings is 1. The number of aromatic nitrogens is 1. The minimum absolute atomic E-state index is 0.0203. The standard InChI is InChI=1S/C24H31N3O2/c1-17-7-9-18(10-8-17)22-20-6-5-13-25(20)14-15-26(22)21(28)16-27(24(2,3)4)23(29)19-11-12-19/h5-10,13,19,22H,11-12,14-16H2,1-4H3/t22-/m1/s1. The van der Waals surface area contributed by atoms with Gasteiger partial charge in [-0.3, -0.25) is 9.59 Å². The molecule has 2 aromatic rings. The van der Waals surface area contributed by atoms with Gasteiger partial charge >= 0.3 is 0 Å². The van der Waals surface area contributed by atoms with E-state index in [0.717, 1.165) is 30.6 Å². The molecule has 2 aliphatic rings. The van der Waals surface area contributed by atoms with Crippen LogP contribution in [0.25, 0.3) is 0 Å². The predicted octanol–water partition coefficient (Wildman–Crippen LogP) is 3.77. The third-order valence-electron chi connectivity index (χ3n) is 6.05. The van der Waals surface area contributed by atoms with Gasteiger partial charge in [-0.15, -0.1) is 0 Å². The summed E-state index contributed by atoms with van der Waals surface area (Å²) in [5, 5.41) is 0. The Kier molecular flexibility index (Phi) is 5.01. The molecule has 1 aromatic heterocycles. The van der Waals surface area contributed by atoms with Gasteiger partial charge in [-0.1, -0.05) is 29.8 Å². The molecule has 2 amide bonds. The van der Waals surface area contributed by atoms with Crippen molar-refractivity contribution >= 4 is 11.8 Å². The van der Waals surface area contributed by atoms with Crippen molar-refractivity contribution in [2.24, 2.45) is 5.92 Å². The van der Waals surface area contributed by atoms with E-state index in [2.05, 4.69) is 48.0 Å². The van der Waals surface area contributed by atoms with Gasteiger partial charge in [0.25, 0.3) is 0 Å². The first-order chi connectivity index (χ1) is 13.8. The zero-order chi connectivity index (χ0) is 20.8. The molecule has 2 heterocycles. The molecule has 5 nitrogen and oxygen atoms in total. The summed E-state index contributed by atoms with van der Waals surface area (Å²) in [5.41, 5.74) is 3.07. The second-order valence-corrected chi connectivity index (χ2v) is 9.40. The van der Waals surface area contributed by atoms with E-state index in [1.807, 2.05) is 31.7 Å². The summed E-state index contributed by atoms with van der Waals surface area (Å²) >= 11 is 0. The number of carbonyl (C=O) groups is 2. The van der Waals surface area contributed by atoms with Gasteiger partial charge in [-0.25, -0.2) is 0 Å². The quantitative estimate of drug-likeness (QED) is 0.794. The molecule has 0 N–H and O–H groups in total. The highest BCUT2D eigenvalue weighted by Gasteiger charge is 2.40. The number of aryl methyl sites for hydroxylation is 1. The molecule has 29 heavy (non-hydrogen) atoms. The van der Waals surface area contributed by atoms with Crippen LogP contribution in [0.4, 0.5) is 0 Å². The second kappa shape index (κ2) is 7.36. The van der Waals surface area contributed by atoms with Gasteiger partial charge in [-0.2, -0.15) is 0 Å². The number of nitrogens with zero attached hydrogens (tertiary/aromatic N) is 3. The fraction of sp³-hybridized carbons (Fsp3) is 0.500. The average molecular weight is 394 g/mol. The molecular formula is C24H31N3O2. The summed E-state index contributed by atoms with van der Waals surface area (Å²) in [7, 11) is 0. The third-order valence-corrected chi connectivity index (χ3v) is 6.05. The molecule has 1 atom stereocenters. The van der Waals surface area contributed by atoms with Crippen LogP contribution >= 0.6 is 0 Å². The first kappa shape index (κ1) is 19.7. The van der Waals surface area contributed by atoms with E-state index in [1.54, 1.807) is 4.90 Å². The summed E-state index contributed by atoms with van der Waals surface area (Å²) < 4.78 is 2.23. The van der Waals surface area contributed by atoms with Crippen LogP contribution in [-0.2, 0) is 16.1 Å². The third kappa shape index (κ3) is 3.96. The van der Waals surface area contributed by atoms with Crippen LogP contribution in [0.1, 0.15) is 56.5 Å². The highest BCUT2D eigenvalue weighted by Crippen LogP contribution is 2.35. The number of rotatable bonds is 4. The Hall–Kier alpha value is -2.56. The van der Waals surface area contributed by atoms with Gasteiger partial charge in [0.05, 0.1) is 6.04 Å². The van der Waals surface area contributed by atoms with Crippen molar-refractivity contribution in [1.82, 2.24) is 14.4 Å². The lowest BCUT2D eigenvalue weighted by Gasteiger charge is -2.41. The summed E-state index contributed by atoms with van der Waals surface area (Å²) in [6.45, 7) is 9.68. The van der Waals surface area contributed by atoms with Crippen molar-refractivity contribution in [1.29, 1.82) is 0 Å². The Labute approximate surface area is 173 Å². The van der Waals surface area contributed by atoms with Crippen molar-refractivity contribution in [3.63, 3.8) is 0 Å². The lowest BCUT2D eigenvalue weighted by atomic mass is 9.98. The van der Waals surface area contributed by atoms with Gasteiger partial charge in [0, 0.05) is 36.4 Å². The Morgan fingerprint density at radius 2 is 1.76 bits per heavy atom. The van der Waals surface area contributed by atoms with Gasteiger partial charge < -0.3 is 14.4 Å². The van der Waals surface area contributed by atoms with E-state index in [9.17, 15) is 9.59 Å². The molecule has 5 heteroatoms. The summed E-state index contributed by atoms with van der Waals surface area (Å²) in [5.74, 6) is 0.249. The Morgan fingerprint density at radius 3 is 2.38 bits per heavy atom. The zero-order valence-electron chi connectivity index (χ0n) is 17.9. The van der Waals surface area contributed by atoms with Gasteiger partial charge in [-0.05, 0) is 58.2 Å². The van der Waals surface area contributed by atoms with Gasteiger partial charge in [0.1, 0.15) is 6.54 Å². The normalized spacial score (nSPS) is 19.0. The van der Waals surface area contributed by atoms with Crippen LogP contribution in [0.5, 0.6) is 0 Å². The fourth-order valence-corrected chi connectivity index (χ4v) is 4.17. The van der Waals surface area contributed by atoms with E-state index >= 15 is 0 Å². The Bertz CT molecular complexity index is 903. The molecule has 0 spiro atoms. The molecule has 0 radical (unpaired) electrons. The summed E-state index contributed by atoms with van der Waals surface area (Å²) in [6, 6.07) is 12.4. The first-order valence-electron chi connectivity index (χ1n) is 10.6. The van der Waals surface area contributed by atoms with Crippen molar-refractivity contribution in [3.05, 3.63) is 59.4 Å². The van der Waals surface area contributed by atoms with Crippen molar-refractivity contribution in [2.75, 3.05) is 13.1 Å². The van der Waals surface area contributed by atoms with Crippen LogP contribution in [0, 0.1) is 12.8 Å². The number of amides is 2. The molecule has 1 aliphatic heterocycles. The van der Waals surface area contributed by atoms with Crippen LogP contribution in [0.3, 0.4) is 0 Å². The number of hydrogen-bond acceptors (Lipinski definition) is 2. The highest BCUT2D eigenvalue weighted by molar-refractivity contribution is 5.88. The molecule has 0 bridgehead atoms. The molecule has 0 unspecified atom stereocenters. The second-order valence-electron chi connectivity index (χ2n) is 9.40. The SMILES string of the molecule is Cc1ccc([C@@H]2c3cccn3CCN2C(=O)CN(C(=O)C2CC2)C(C)(C)C)cc1. The number of fused-ring (bicyclic) bond motifs is 1. The lowest BCUT2D eigenvalue weighted by Crippen LogP contribution is -2.53. The molecule has 4 rings (SSSR count). The van der Waals surface area contributed by atoms with Gasteiger partial charge in [0.15, 0.2) is 0 Å². The molecule has 154 valence electrons. The summed E-state index contributed by atoms with van der Waals surface area (Å²) in [6.07, 6.45) is 3.97. The minimum Gasteiger partial charge on any atom is -0.348 e. The maximum Gasteiger partial charge on any atom is 0.243 e. The van der Waals surface area contributed by atoms with Crippen molar-refractivity contribution in [3.8, 4) is 0 Å². The van der Waals surface area contributed by atoms with Gasteiger partial charge in [0.2, 0.25) is 11.8 Å². The van der Waals surface area contributed by atoms with Crippen molar-refractivity contribution in [2.45, 2.75) is 58.7 Å². The smallest absolute Gasteiger partial charge is 0.243 e. The molecule has 1 fully saturated rings. The van der Waals surface area contributed by atoms with Crippen molar-refractivity contribution < 1.29 is 9.59 Å². The first-order valence-corrected chi connectivity index (χ1v) is 10.6. The average Bonchev–Trinajstić information content (AvgIpc) is 3.41. The molecule has 1 aromatic carbocycles. The number of hydrogen-bond donors (Lipinski definition) is 0. The molecule has 1 aliphatic carbocycles. The van der Waals surface area contributed by atoms with E-state index < -0.39 is 0 Å². The zero-order valence-corrected chi connectivity index (χ0v) is 17.9. The van der Waals surface area contributed by atoms with E-state index in [0.29, 0.717) is 6.54 Å². The number of carbonyl (C=O) groups excluding carboxylic acids is 2. The topological polar surface area (TPSA) is 45.6 Å². The predicted molar refractivity (Wildman–Crippen MR) is 113 cm³/mol. The molecular weight excluding hydrogens is 362 g/mol. The van der Waals surface area contributed by atoms with E-state index in [4.69, 9.17) is 0 Å². The van der Waals surface area contributed by atoms with Crippen LogP contribution in [-0.4, -0.2) is 44.8 Å². The summed E-state index contributed by atoms with van der Waals surface area (Å²) in [4.78, 5) is 30.1. The minimum atomic E-state index is -0.370. The van der Waals surface area contributed by atoms with Crippen LogP contribution < -0.4 is 0 Å². The Balaban J connectivity index is 1.63. The molecule has 1 saturated carbocycles. The van der Waals surface area contributed by atoms with Crippen LogP contribution in [0.15, 0.2) is 42.6 Å². The maximum absolute atomic E-state index is 13.5.